The van der Waals surface area contributed by atoms with E-state index in [1.54, 1.807) is 54.6 Å². The molecule has 3 nitrogen and oxygen atoms in total. The topological polar surface area (TPSA) is 51.2 Å². The van der Waals surface area contributed by atoms with Gasteiger partial charge in [-0.1, -0.05) is 85.2 Å². The SMILES string of the molecule is CC(C)(C)c1ccc(S(=O)(=O)Cc2ccc(Br)cc2C(=O)c2ccccc2)cc1. The van der Waals surface area contributed by atoms with Crippen molar-refractivity contribution in [3.8, 4) is 0 Å². The predicted molar refractivity (Wildman–Crippen MR) is 120 cm³/mol. The van der Waals surface area contributed by atoms with Crippen LogP contribution in [0, 0.1) is 0 Å². The summed E-state index contributed by atoms with van der Waals surface area (Å²) in [5.41, 5.74) is 2.42. The van der Waals surface area contributed by atoms with E-state index in [4.69, 9.17) is 0 Å². The van der Waals surface area contributed by atoms with Crippen LogP contribution in [0.15, 0.2) is 82.2 Å². The number of hydrogen-bond acceptors (Lipinski definition) is 3. The second kappa shape index (κ2) is 8.25. The molecule has 0 amide bonds. The van der Waals surface area contributed by atoms with Gasteiger partial charge in [-0.15, -0.1) is 0 Å². The lowest BCUT2D eigenvalue weighted by molar-refractivity contribution is 0.103. The molecule has 0 bridgehead atoms. The summed E-state index contributed by atoms with van der Waals surface area (Å²) in [7, 11) is -3.59. The molecule has 0 unspecified atom stereocenters. The average Bonchev–Trinajstić information content (AvgIpc) is 2.69. The van der Waals surface area contributed by atoms with Crippen LogP contribution < -0.4 is 0 Å². The summed E-state index contributed by atoms with van der Waals surface area (Å²) in [6.07, 6.45) is 0. The minimum absolute atomic E-state index is 0.0523. The lowest BCUT2D eigenvalue weighted by atomic mass is 9.87. The normalized spacial score (nSPS) is 12.0. The molecule has 0 saturated heterocycles. The van der Waals surface area contributed by atoms with Gasteiger partial charge in [0.15, 0.2) is 15.6 Å². The molecule has 0 aromatic heterocycles. The average molecular weight is 471 g/mol. The zero-order valence-electron chi connectivity index (χ0n) is 16.6. The second-order valence-electron chi connectivity index (χ2n) is 8.03. The third-order valence-corrected chi connectivity index (χ3v) is 6.95. The molecule has 0 aliphatic heterocycles. The minimum atomic E-state index is -3.59. The quantitative estimate of drug-likeness (QED) is 0.432. The standard InChI is InChI=1S/C24H23BrO3S/c1-24(2,3)19-10-13-21(14-11-19)29(27,28)16-18-9-12-20(25)15-22(18)23(26)17-7-5-4-6-8-17/h4-15H,16H2,1-3H3. The summed E-state index contributed by atoms with van der Waals surface area (Å²) in [6.45, 7) is 6.25. The van der Waals surface area contributed by atoms with Crippen molar-refractivity contribution in [2.75, 3.05) is 0 Å². The Morgan fingerprint density at radius 2 is 1.52 bits per heavy atom. The molecule has 0 atom stereocenters. The molecule has 0 heterocycles. The summed E-state index contributed by atoms with van der Waals surface area (Å²) in [5.74, 6) is -0.427. The molecule has 5 heteroatoms. The molecular weight excluding hydrogens is 448 g/mol. The van der Waals surface area contributed by atoms with E-state index < -0.39 is 9.84 Å². The predicted octanol–water partition coefficient (Wildman–Crippen LogP) is 5.95. The van der Waals surface area contributed by atoms with E-state index in [1.165, 1.54) is 0 Å². The highest BCUT2D eigenvalue weighted by molar-refractivity contribution is 9.10. The van der Waals surface area contributed by atoms with Crippen molar-refractivity contribution in [2.45, 2.75) is 36.8 Å². The monoisotopic (exact) mass is 470 g/mol. The number of carbonyl (C=O) groups is 1. The van der Waals surface area contributed by atoms with E-state index >= 15 is 0 Å². The lowest BCUT2D eigenvalue weighted by Crippen LogP contribution is -2.13. The van der Waals surface area contributed by atoms with Gasteiger partial charge in [0.25, 0.3) is 0 Å². The molecule has 0 fully saturated rings. The van der Waals surface area contributed by atoms with Gasteiger partial charge >= 0.3 is 0 Å². The van der Waals surface area contributed by atoms with Gasteiger partial charge in [0.05, 0.1) is 10.6 Å². The van der Waals surface area contributed by atoms with Crippen LogP contribution >= 0.6 is 15.9 Å². The first kappa shape index (κ1) is 21.5. The molecule has 0 spiro atoms. The second-order valence-corrected chi connectivity index (χ2v) is 10.9. The first-order valence-electron chi connectivity index (χ1n) is 9.29. The summed E-state index contributed by atoms with van der Waals surface area (Å²) >= 11 is 3.39. The number of hydrogen-bond donors (Lipinski definition) is 0. The van der Waals surface area contributed by atoms with Crippen LogP contribution in [0.5, 0.6) is 0 Å². The van der Waals surface area contributed by atoms with Crippen molar-refractivity contribution in [2.24, 2.45) is 0 Å². The molecule has 0 radical (unpaired) electrons. The number of carbonyl (C=O) groups excluding carboxylic acids is 1. The van der Waals surface area contributed by atoms with Crippen LogP contribution in [0.25, 0.3) is 0 Å². The van der Waals surface area contributed by atoms with Crippen LogP contribution in [-0.4, -0.2) is 14.2 Å². The van der Waals surface area contributed by atoms with Gasteiger partial charge in [0.1, 0.15) is 0 Å². The van der Waals surface area contributed by atoms with Crippen molar-refractivity contribution in [3.05, 3.63) is 99.5 Å². The maximum Gasteiger partial charge on any atom is 0.193 e. The number of ketones is 1. The van der Waals surface area contributed by atoms with E-state index in [-0.39, 0.29) is 21.8 Å². The lowest BCUT2D eigenvalue weighted by Gasteiger charge is -2.19. The fourth-order valence-corrected chi connectivity index (χ4v) is 4.82. The fourth-order valence-electron chi connectivity index (χ4n) is 3.08. The van der Waals surface area contributed by atoms with Gasteiger partial charge in [-0.3, -0.25) is 4.79 Å². The summed E-state index contributed by atoms with van der Waals surface area (Å²) in [4.78, 5) is 13.2. The summed E-state index contributed by atoms with van der Waals surface area (Å²) in [6, 6.07) is 21.0. The Bertz CT molecular complexity index is 1130. The van der Waals surface area contributed by atoms with Crippen LogP contribution in [0.2, 0.25) is 0 Å². The van der Waals surface area contributed by atoms with E-state index in [2.05, 4.69) is 36.7 Å². The zero-order chi connectivity index (χ0) is 21.2. The minimum Gasteiger partial charge on any atom is -0.289 e. The van der Waals surface area contributed by atoms with Crippen molar-refractivity contribution in [1.82, 2.24) is 0 Å². The molecule has 3 aromatic rings. The van der Waals surface area contributed by atoms with Crippen LogP contribution in [0.4, 0.5) is 0 Å². The Labute approximate surface area is 180 Å². The highest BCUT2D eigenvalue weighted by Gasteiger charge is 2.22. The van der Waals surface area contributed by atoms with Gasteiger partial charge < -0.3 is 0 Å². The van der Waals surface area contributed by atoms with Gasteiger partial charge in [-0.25, -0.2) is 8.42 Å². The first-order chi connectivity index (χ1) is 13.6. The van der Waals surface area contributed by atoms with E-state index in [0.29, 0.717) is 16.7 Å². The Morgan fingerprint density at radius 1 is 0.897 bits per heavy atom. The molecule has 0 N–H and O–H groups in total. The molecule has 29 heavy (non-hydrogen) atoms. The third-order valence-electron chi connectivity index (χ3n) is 4.78. The van der Waals surface area contributed by atoms with Gasteiger partial charge in [0, 0.05) is 15.6 Å². The zero-order valence-corrected chi connectivity index (χ0v) is 19.0. The summed E-state index contributed by atoms with van der Waals surface area (Å²) in [5, 5.41) is 0. The molecule has 3 rings (SSSR count). The number of rotatable bonds is 5. The van der Waals surface area contributed by atoms with Crippen molar-refractivity contribution in [3.63, 3.8) is 0 Å². The highest BCUT2D eigenvalue weighted by atomic mass is 79.9. The molecule has 0 aliphatic rings. The van der Waals surface area contributed by atoms with Crippen LogP contribution in [0.3, 0.4) is 0 Å². The van der Waals surface area contributed by atoms with Crippen molar-refractivity contribution < 1.29 is 13.2 Å². The molecule has 3 aromatic carbocycles. The maximum absolute atomic E-state index is 13.0. The Morgan fingerprint density at radius 3 is 2.10 bits per heavy atom. The number of sulfone groups is 1. The van der Waals surface area contributed by atoms with Crippen molar-refractivity contribution in [1.29, 1.82) is 0 Å². The number of benzene rings is 3. The van der Waals surface area contributed by atoms with E-state index in [9.17, 15) is 13.2 Å². The summed E-state index contributed by atoms with van der Waals surface area (Å²) < 4.78 is 26.8. The maximum atomic E-state index is 13.0. The third kappa shape index (κ3) is 5.03. The number of halogens is 1. The largest absolute Gasteiger partial charge is 0.289 e. The molecule has 0 aliphatic carbocycles. The Hall–Kier alpha value is -2.24. The van der Waals surface area contributed by atoms with Gasteiger partial charge in [-0.05, 0) is 40.8 Å². The first-order valence-corrected chi connectivity index (χ1v) is 11.7. The van der Waals surface area contributed by atoms with Gasteiger partial charge in [0.2, 0.25) is 0 Å². The van der Waals surface area contributed by atoms with Crippen molar-refractivity contribution >= 4 is 31.6 Å². The smallest absolute Gasteiger partial charge is 0.193 e. The molecular formula is C24H23BrO3S. The molecule has 150 valence electrons. The van der Waals surface area contributed by atoms with Crippen LogP contribution in [0.1, 0.15) is 47.8 Å². The Kier molecular flexibility index (Phi) is 6.11. The van der Waals surface area contributed by atoms with Gasteiger partial charge in [-0.2, -0.15) is 0 Å². The Balaban J connectivity index is 1.96. The van der Waals surface area contributed by atoms with Crippen LogP contribution in [-0.2, 0) is 21.0 Å². The van der Waals surface area contributed by atoms with E-state index in [0.717, 1.165) is 10.0 Å². The fraction of sp³-hybridized carbons (Fsp3) is 0.208. The molecule has 0 saturated carbocycles. The highest BCUT2D eigenvalue weighted by Crippen LogP contribution is 2.27. The van der Waals surface area contributed by atoms with E-state index in [1.807, 2.05) is 18.2 Å².